The van der Waals surface area contributed by atoms with Crippen molar-refractivity contribution in [3.63, 3.8) is 0 Å². The van der Waals surface area contributed by atoms with Crippen LogP contribution in [0.4, 0.5) is 18.9 Å². The first kappa shape index (κ1) is 21.5. The van der Waals surface area contributed by atoms with Crippen LogP contribution in [0, 0.1) is 0 Å². The summed E-state index contributed by atoms with van der Waals surface area (Å²) in [7, 11) is 1.53. The van der Waals surface area contributed by atoms with E-state index in [4.69, 9.17) is 9.47 Å². The van der Waals surface area contributed by atoms with Crippen molar-refractivity contribution in [1.82, 2.24) is 5.32 Å². The van der Waals surface area contributed by atoms with E-state index in [2.05, 4.69) is 10.6 Å². The van der Waals surface area contributed by atoms with Gasteiger partial charge < -0.3 is 20.1 Å². The fourth-order valence-electron chi connectivity index (χ4n) is 1.66. The van der Waals surface area contributed by atoms with E-state index in [1.807, 2.05) is 0 Å². The maximum Gasteiger partial charge on any atom is 0.416 e. The highest BCUT2D eigenvalue weighted by molar-refractivity contribution is 5.93. The Kier molecular flexibility index (Phi) is 9.62. The van der Waals surface area contributed by atoms with Crippen molar-refractivity contribution in [1.29, 1.82) is 0 Å². The predicted octanol–water partition coefficient (Wildman–Crippen LogP) is 2.70. The van der Waals surface area contributed by atoms with Crippen molar-refractivity contribution in [2.45, 2.75) is 13.1 Å². The average Bonchev–Trinajstić information content (AvgIpc) is 2.44. The minimum atomic E-state index is -4.49. The number of rotatable bonds is 8. The zero-order valence-corrected chi connectivity index (χ0v) is 13.6. The SMILES string of the molecule is CCOc1ccc(C(F)(F)F)cc1NC(=O)CNCCOC.Cl. The molecule has 0 spiro atoms. The molecule has 0 saturated heterocycles. The molecule has 0 saturated carbocycles. The van der Waals surface area contributed by atoms with Gasteiger partial charge in [-0.05, 0) is 25.1 Å². The monoisotopic (exact) mass is 356 g/mol. The van der Waals surface area contributed by atoms with Crippen molar-refractivity contribution >= 4 is 24.0 Å². The van der Waals surface area contributed by atoms with E-state index in [9.17, 15) is 18.0 Å². The van der Waals surface area contributed by atoms with E-state index < -0.39 is 17.6 Å². The second kappa shape index (κ2) is 10.3. The van der Waals surface area contributed by atoms with Crippen LogP contribution in [0.15, 0.2) is 18.2 Å². The second-order valence-electron chi connectivity index (χ2n) is 4.36. The highest BCUT2D eigenvalue weighted by Gasteiger charge is 2.31. The first-order chi connectivity index (χ1) is 10.4. The highest BCUT2D eigenvalue weighted by Crippen LogP contribution is 2.35. The number of alkyl halides is 3. The van der Waals surface area contributed by atoms with Crippen LogP contribution in [-0.2, 0) is 15.7 Å². The summed E-state index contributed by atoms with van der Waals surface area (Å²) in [5.74, 6) is -0.267. The Hall–Kier alpha value is -1.51. The lowest BCUT2D eigenvalue weighted by Gasteiger charge is -2.15. The van der Waals surface area contributed by atoms with E-state index in [1.165, 1.54) is 13.2 Å². The quantitative estimate of drug-likeness (QED) is 0.703. The molecule has 1 rings (SSSR count). The van der Waals surface area contributed by atoms with Crippen LogP contribution in [0.5, 0.6) is 5.75 Å². The van der Waals surface area contributed by atoms with Crippen molar-refractivity contribution in [2.24, 2.45) is 0 Å². The van der Waals surface area contributed by atoms with Gasteiger partial charge in [-0.1, -0.05) is 0 Å². The van der Waals surface area contributed by atoms with E-state index in [0.717, 1.165) is 12.1 Å². The molecule has 0 aromatic heterocycles. The van der Waals surface area contributed by atoms with Crippen LogP contribution >= 0.6 is 12.4 Å². The van der Waals surface area contributed by atoms with Crippen LogP contribution in [0.1, 0.15) is 12.5 Å². The summed E-state index contributed by atoms with van der Waals surface area (Å²) in [5.41, 5.74) is -0.853. The van der Waals surface area contributed by atoms with Gasteiger partial charge in [0.05, 0.1) is 31.0 Å². The molecule has 0 aliphatic carbocycles. The molecule has 0 fully saturated rings. The molecule has 0 aliphatic rings. The minimum absolute atomic E-state index is 0. The smallest absolute Gasteiger partial charge is 0.416 e. The third-order valence-electron chi connectivity index (χ3n) is 2.65. The normalized spacial score (nSPS) is 10.8. The summed E-state index contributed by atoms with van der Waals surface area (Å²) in [6.45, 7) is 2.84. The summed E-state index contributed by atoms with van der Waals surface area (Å²) in [4.78, 5) is 11.7. The van der Waals surface area contributed by atoms with Gasteiger partial charge in [0.25, 0.3) is 0 Å². The Bertz CT molecular complexity index is 499. The molecule has 1 aromatic rings. The van der Waals surface area contributed by atoms with Crippen LogP contribution < -0.4 is 15.4 Å². The minimum Gasteiger partial charge on any atom is -0.492 e. The van der Waals surface area contributed by atoms with E-state index in [1.54, 1.807) is 6.92 Å². The Balaban J connectivity index is 0.00000484. The molecule has 132 valence electrons. The van der Waals surface area contributed by atoms with Crippen molar-refractivity contribution in [3.05, 3.63) is 23.8 Å². The number of nitrogens with one attached hydrogen (secondary N) is 2. The van der Waals surface area contributed by atoms with Crippen LogP contribution in [0.25, 0.3) is 0 Å². The maximum atomic E-state index is 12.7. The predicted molar refractivity (Wildman–Crippen MR) is 83.2 cm³/mol. The molecule has 0 aliphatic heterocycles. The van der Waals surface area contributed by atoms with Gasteiger partial charge in [0.15, 0.2) is 0 Å². The van der Waals surface area contributed by atoms with Crippen LogP contribution in [-0.4, -0.2) is 39.3 Å². The van der Waals surface area contributed by atoms with E-state index in [0.29, 0.717) is 13.2 Å². The molecule has 0 radical (unpaired) electrons. The zero-order chi connectivity index (χ0) is 16.6. The maximum absolute atomic E-state index is 12.7. The highest BCUT2D eigenvalue weighted by atomic mass is 35.5. The summed E-state index contributed by atoms with van der Waals surface area (Å²) in [6, 6.07) is 2.97. The zero-order valence-electron chi connectivity index (χ0n) is 12.8. The van der Waals surface area contributed by atoms with Gasteiger partial charge in [0.1, 0.15) is 5.75 Å². The first-order valence-electron chi connectivity index (χ1n) is 6.72. The Morgan fingerprint density at radius 2 is 2.00 bits per heavy atom. The summed E-state index contributed by atoms with van der Waals surface area (Å²) in [5, 5.41) is 5.22. The molecule has 2 N–H and O–H groups in total. The standard InChI is InChI=1S/C14H19F3N2O3.ClH/c1-3-22-12-5-4-10(14(15,16)17)8-11(12)19-13(20)9-18-6-7-21-2;/h4-5,8,18H,3,6-7,9H2,1-2H3,(H,19,20);1H. The molecule has 23 heavy (non-hydrogen) atoms. The molecule has 0 heterocycles. The number of hydrogen-bond donors (Lipinski definition) is 2. The topological polar surface area (TPSA) is 59.6 Å². The molecule has 0 bridgehead atoms. The number of methoxy groups -OCH3 is 1. The lowest BCUT2D eigenvalue weighted by Crippen LogP contribution is -2.30. The molecule has 0 unspecified atom stereocenters. The van der Waals surface area contributed by atoms with Gasteiger partial charge in [-0.2, -0.15) is 13.2 Å². The summed E-state index contributed by atoms with van der Waals surface area (Å²) >= 11 is 0. The van der Waals surface area contributed by atoms with Gasteiger partial charge in [-0.15, -0.1) is 12.4 Å². The third-order valence-corrected chi connectivity index (χ3v) is 2.65. The molecule has 1 aromatic carbocycles. The number of carbonyl (C=O) groups excluding carboxylic acids is 1. The van der Waals surface area contributed by atoms with Gasteiger partial charge in [-0.3, -0.25) is 4.79 Å². The van der Waals surface area contributed by atoms with Crippen molar-refractivity contribution < 1.29 is 27.4 Å². The largest absolute Gasteiger partial charge is 0.492 e. The number of amides is 1. The van der Waals surface area contributed by atoms with Crippen LogP contribution in [0.2, 0.25) is 0 Å². The first-order valence-corrected chi connectivity index (χ1v) is 6.72. The van der Waals surface area contributed by atoms with Crippen LogP contribution in [0.3, 0.4) is 0 Å². The molecular weight excluding hydrogens is 337 g/mol. The van der Waals surface area contributed by atoms with Gasteiger partial charge >= 0.3 is 6.18 Å². The number of benzene rings is 1. The number of carbonyl (C=O) groups is 1. The summed E-state index contributed by atoms with van der Waals surface area (Å²) < 4.78 is 48.2. The molecule has 0 atom stereocenters. The second-order valence-corrected chi connectivity index (χ2v) is 4.36. The lowest BCUT2D eigenvalue weighted by atomic mass is 10.1. The van der Waals surface area contributed by atoms with E-state index >= 15 is 0 Å². The molecule has 1 amide bonds. The Labute approximate surface area is 138 Å². The number of ether oxygens (including phenoxy) is 2. The van der Waals surface area contributed by atoms with Gasteiger partial charge in [0.2, 0.25) is 5.91 Å². The lowest BCUT2D eigenvalue weighted by molar-refractivity contribution is -0.137. The van der Waals surface area contributed by atoms with Crippen molar-refractivity contribution in [2.75, 3.05) is 38.7 Å². The fraction of sp³-hybridized carbons (Fsp3) is 0.500. The molecular formula is C14H20ClF3N2O3. The molecule has 9 heteroatoms. The fourth-order valence-corrected chi connectivity index (χ4v) is 1.66. The molecule has 5 nitrogen and oxygen atoms in total. The number of anilines is 1. The summed E-state index contributed by atoms with van der Waals surface area (Å²) in [6.07, 6.45) is -4.49. The van der Waals surface area contributed by atoms with Crippen molar-refractivity contribution in [3.8, 4) is 5.75 Å². The Morgan fingerprint density at radius 1 is 1.30 bits per heavy atom. The number of halogens is 4. The van der Waals surface area contributed by atoms with E-state index in [-0.39, 0.29) is 37.0 Å². The number of hydrogen-bond acceptors (Lipinski definition) is 4. The van der Waals surface area contributed by atoms with Gasteiger partial charge in [-0.25, -0.2) is 0 Å². The average molecular weight is 357 g/mol. The Morgan fingerprint density at radius 3 is 2.57 bits per heavy atom. The van der Waals surface area contributed by atoms with Gasteiger partial charge in [0, 0.05) is 13.7 Å². The third kappa shape index (κ3) is 7.54.